The number of carbonyl (C=O) groups excluding carboxylic acids is 2. The summed E-state index contributed by atoms with van der Waals surface area (Å²) in [7, 11) is -4.56. The molecule has 7 rings (SSSR count). The van der Waals surface area contributed by atoms with Gasteiger partial charge in [0.2, 0.25) is 0 Å². The number of likely N-dealkylation sites (tertiary alicyclic amines) is 3. The summed E-state index contributed by atoms with van der Waals surface area (Å²) in [5, 5.41) is 22.2. The number of fused-ring (bicyclic) bond motifs is 1. The fraction of sp³-hybridized carbons (Fsp3) is 0.421. The number of piperidine rings is 1. The Labute approximate surface area is 298 Å². The molecule has 4 aliphatic rings. The molecule has 0 unspecified atom stereocenters. The lowest BCUT2D eigenvalue weighted by Crippen LogP contribution is -2.76. The molecule has 0 bridgehead atoms. The monoisotopic (exact) mass is 707 g/mol. The SMILES string of the molecule is CCOc1ccccc1[C@]1(NC(=O)N2CC3(C2)CN(C2CCN(C(C)C)CC2)C3)C(=O)N(S(=O)(=O)c2ccc(C#N)cc2)c2ccc(C#N)cc21. The van der Waals surface area contributed by atoms with Crippen molar-refractivity contribution >= 4 is 27.6 Å². The molecule has 0 aromatic heterocycles. The van der Waals surface area contributed by atoms with Crippen molar-refractivity contribution in [1.82, 2.24) is 20.0 Å². The van der Waals surface area contributed by atoms with Crippen LogP contribution in [-0.4, -0.2) is 93.0 Å². The molecule has 3 saturated heterocycles. The predicted molar refractivity (Wildman–Crippen MR) is 189 cm³/mol. The van der Waals surface area contributed by atoms with E-state index < -0.39 is 27.5 Å². The van der Waals surface area contributed by atoms with Crippen molar-refractivity contribution in [3.63, 3.8) is 0 Å². The van der Waals surface area contributed by atoms with Crippen LogP contribution >= 0.6 is 0 Å². The minimum Gasteiger partial charge on any atom is -0.493 e. The number of benzene rings is 3. The van der Waals surface area contributed by atoms with Gasteiger partial charge in [-0.3, -0.25) is 9.69 Å². The van der Waals surface area contributed by atoms with E-state index in [9.17, 15) is 23.7 Å². The minimum absolute atomic E-state index is 0.00758. The molecule has 3 fully saturated rings. The Morgan fingerprint density at radius 2 is 1.59 bits per heavy atom. The maximum atomic E-state index is 15.0. The number of amides is 3. The smallest absolute Gasteiger partial charge is 0.318 e. The van der Waals surface area contributed by atoms with Gasteiger partial charge in [0.15, 0.2) is 5.54 Å². The third kappa shape index (κ3) is 5.70. The number of nitrogens with zero attached hydrogens (tertiary/aromatic N) is 6. The first-order chi connectivity index (χ1) is 24.5. The summed E-state index contributed by atoms with van der Waals surface area (Å²) in [5.41, 5.74) is -1.23. The highest BCUT2D eigenvalue weighted by Crippen LogP contribution is 2.50. The van der Waals surface area contributed by atoms with Crippen LogP contribution in [0.4, 0.5) is 10.5 Å². The molecule has 3 aromatic rings. The van der Waals surface area contributed by atoms with Gasteiger partial charge in [-0.2, -0.15) is 14.8 Å². The highest BCUT2D eigenvalue weighted by Gasteiger charge is 2.60. The van der Waals surface area contributed by atoms with E-state index in [0.29, 0.717) is 29.5 Å². The van der Waals surface area contributed by atoms with Crippen molar-refractivity contribution in [3.05, 3.63) is 89.0 Å². The van der Waals surface area contributed by atoms with E-state index in [0.717, 1.165) is 39.0 Å². The van der Waals surface area contributed by atoms with Gasteiger partial charge in [0.05, 0.1) is 40.5 Å². The standard InChI is InChI=1S/C38H41N7O5S/c1-4-50-34-8-6-5-7-31(34)38(41-36(47)44-24-37(25-44)22-43(23-37)29-15-17-42(18-16-29)26(2)3)32-19-28(21-40)11-14-33(32)45(35(38)46)51(48,49)30-12-9-27(20-39)10-13-30/h5-14,19,26,29H,4,15-18,22-25H2,1-3H3,(H,41,47)/t38-/m1/s1. The lowest BCUT2D eigenvalue weighted by molar-refractivity contribution is -0.124. The Kier molecular flexibility index (Phi) is 8.78. The fourth-order valence-corrected chi connectivity index (χ4v) is 9.66. The summed E-state index contributed by atoms with van der Waals surface area (Å²) in [6.07, 6.45) is 2.27. The van der Waals surface area contributed by atoms with Crippen LogP contribution < -0.4 is 14.4 Å². The summed E-state index contributed by atoms with van der Waals surface area (Å²) >= 11 is 0. The lowest BCUT2D eigenvalue weighted by atomic mass is 9.71. The Bertz CT molecular complexity index is 2050. The number of hydrogen-bond donors (Lipinski definition) is 1. The van der Waals surface area contributed by atoms with Crippen LogP contribution in [0, 0.1) is 28.1 Å². The van der Waals surface area contributed by atoms with Crippen molar-refractivity contribution in [2.45, 2.75) is 56.1 Å². The molecule has 1 N–H and O–H groups in total. The molecule has 1 spiro atoms. The maximum absolute atomic E-state index is 15.0. The average molecular weight is 708 g/mol. The number of ether oxygens (including phenoxy) is 1. The number of hydrogen-bond acceptors (Lipinski definition) is 9. The summed E-state index contributed by atoms with van der Waals surface area (Å²) in [4.78, 5) is 35.8. The van der Waals surface area contributed by atoms with Gasteiger partial charge >= 0.3 is 6.03 Å². The molecule has 13 heteroatoms. The molecule has 0 saturated carbocycles. The van der Waals surface area contributed by atoms with E-state index in [4.69, 9.17) is 4.74 Å². The largest absolute Gasteiger partial charge is 0.493 e. The first kappa shape index (κ1) is 34.5. The summed E-state index contributed by atoms with van der Waals surface area (Å²) < 4.78 is 35.3. The number of anilines is 1. The van der Waals surface area contributed by atoms with Crippen LogP contribution in [-0.2, 0) is 20.4 Å². The number of nitriles is 2. The van der Waals surface area contributed by atoms with Crippen LogP contribution in [0.15, 0.2) is 71.6 Å². The molecule has 1 atom stereocenters. The fourth-order valence-electron chi connectivity index (χ4n) is 8.20. The summed E-state index contributed by atoms with van der Waals surface area (Å²) in [5.74, 6) is -0.645. The number of para-hydroxylation sites is 1. The van der Waals surface area contributed by atoms with Gasteiger partial charge in [-0.15, -0.1) is 0 Å². The summed E-state index contributed by atoms with van der Waals surface area (Å²) in [6.45, 7) is 11.5. The van der Waals surface area contributed by atoms with E-state index in [2.05, 4.69) is 35.0 Å². The molecular weight excluding hydrogens is 667 g/mol. The Hall–Kier alpha value is -4.95. The van der Waals surface area contributed by atoms with E-state index in [-0.39, 0.29) is 50.6 Å². The third-order valence-corrected chi connectivity index (χ3v) is 12.5. The number of carbonyl (C=O) groups is 2. The Morgan fingerprint density at radius 1 is 0.941 bits per heavy atom. The second-order valence-corrected chi connectivity index (χ2v) is 16.1. The number of urea groups is 1. The van der Waals surface area contributed by atoms with E-state index in [1.807, 2.05) is 6.07 Å². The van der Waals surface area contributed by atoms with Gasteiger partial charge in [0.25, 0.3) is 15.9 Å². The molecule has 0 aliphatic carbocycles. The number of nitrogens with one attached hydrogen (secondary N) is 1. The van der Waals surface area contributed by atoms with Crippen molar-refractivity contribution in [2.24, 2.45) is 5.41 Å². The first-order valence-electron chi connectivity index (χ1n) is 17.4. The van der Waals surface area contributed by atoms with Gasteiger partial charge in [0, 0.05) is 54.8 Å². The highest BCUT2D eigenvalue weighted by molar-refractivity contribution is 7.93. The van der Waals surface area contributed by atoms with E-state index >= 15 is 4.79 Å². The Morgan fingerprint density at radius 3 is 2.22 bits per heavy atom. The first-order valence-corrected chi connectivity index (χ1v) is 18.8. The zero-order valence-electron chi connectivity index (χ0n) is 29.0. The van der Waals surface area contributed by atoms with Gasteiger partial charge in [-0.25, -0.2) is 13.2 Å². The van der Waals surface area contributed by atoms with Gasteiger partial charge in [0.1, 0.15) is 5.75 Å². The molecule has 4 aliphatic heterocycles. The molecule has 12 nitrogen and oxygen atoms in total. The van der Waals surface area contributed by atoms with Crippen LogP contribution in [0.25, 0.3) is 0 Å². The van der Waals surface area contributed by atoms with Crippen molar-refractivity contribution in [2.75, 3.05) is 50.2 Å². The van der Waals surface area contributed by atoms with Crippen LogP contribution in [0.2, 0.25) is 0 Å². The molecule has 0 radical (unpaired) electrons. The van der Waals surface area contributed by atoms with E-state index in [1.165, 1.54) is 42.5 Å². The van der Waals surface area contributed by atoms with Crippen LogP contribution in [0.3, 0.4) is 0 Å². The summed E-state index contributed by atoms with van der Waals surface area (Å²) in [6, 6.07) is 20.9. The second kappa shape index (κ2) is 13.0. The second-order valence-electron chi connectivity index (χ2n) is 14.3. The number of rotatable bonds is 8. The van der Waals surface area contributed by atoms with Crippen molar-refractivity contribution in [3.8, 4) is 17.9 Å². The van der Waals surface area contributed by atoms with E-state index in [1.54, 1.807) is 36.1 Å². The molecule has 3 amide bonds. The van der Waals surface area contributed by atoms with Crippen molar-refractivity contribution in [1.29, 1.82) is 10.5 Å². The Balaban J connectivity index is 1.22. The highest BCUT2D eigenvalue weighted by atomic mass is 32.2. The van der Waals surface area contributed by atoms with Crippen LogP contribution in [0.5, 0.6) is 5.75 Å². The van der Waals surface area contributed by atoms with Crippen molar-refractivity contribution < 1.29 is 22.7 Å². The normalized spacial score (nSPS) is 21.8. The van der Waals surface area contributed by atoms with Gasteiger partial charge in [-0.05, 0) is 95.2 Å². The zero-order valence-corrected chi connectivity index (χ0v) is 29.8. The maximum Gasteiger partial charge on any atom is 0.318 e. The molecule has 3 aromatic carbocycles. The topological polar surface area (TPSA) is 150 Å². The molecular formula is C38H41N7O5S. The molecule has 264 valence electrons. The predicted octanol–water partition coefficient (Wildman–Crippen LogP) is 4.01. The quantitative estimate of drug-likeness (QED) is 0.367. The zero-order chi connectivity index (χ0) is 36.1. The lowest BCUT2D eigenvalue weighted by Gasteiger charge is -2.62. The minimum atomic E-state index is -4.56. The van der Waals surface area contributed by atoms with Gasteiger partial charge in [-0.1, -0.05) is 18.2 Å². The number of sulfonamides is 1. The van der Waals surface area contributed by atoms with Crippen LogP contribution in [0.1, 0.15) is 55.9 Å². The van der Waals surface area contributed by atoms with Gasteiger partial charge < -0.3 is 19.9 Å². The molecule has 4 heterocycles. The average Bonchev–Trinajstić information content (AvgIpc) is 3.35. The third-order valence-electron chi connectivity index (χ3n) is 10.8. The molecule has 51 heavy (non-hydrogen) atoms.